The molecule has 6 rings (SSSR count). The molecule has 0 saturated heterocycles. The van der Waals surface area contributed by atoms with Crippen LogP contribution in [0, 0.1) is 24.7 Å². The average molecular weight is 794 g/mol. The van der Waals surface area contributed by atoms with Gasteiger partial charge >= 0.3 is 6.09 Å². The second kappa shape index (κ2) is 20.6. The molecule has 1 aromatic heterocycles. The summed E-state index contributed by atoms with van der Waals surface area (Å²) in [5.74, 6) is -0.486. The molecule has 2 N–H and O–H groups in total. The van der Waals surface area contributed by atoms with E-state index in [9.17, 15) is 15.0 Å². The molecular formula is C47H59N3O8. The third-order valence-electron chi connectivity index (χ3n) is 11.5. The van der Waals surface area contributed by atoms with Crippen molar-refractivity contribution in [3.05, 3.63) is 126 Å². The molecule has 3 aliphatic rings. The number of aliphatic hydroxyl groups is 2. The summed E-state index contributed by atoms with van der Waals surface area (Å²) in [6.45, 7) is 10.9. The highest BCUT2D eigenvalue weighted by Gasteiger charge is 2.65. The molecule has 2 aromatic carbocycles. The van der Waals surface area contributed by atoms with Crippen molar-refractivity contribution < 1.29 is 38.8 Å². The Hall–Kier alpha value is -4.97. The van der Waals surface area contributed by atoms with Crippen LogP contribution in [0.1, 0.15) is 79.8 Å². The quantitative estimate of drug-likeness (QED) is 0.0620. The number of aliphatic hydroxyl groups excluding tert-OH is 2. The van der Waals surface area contributed by atoms with Gasteiger partial charge < -0.3 is 38.9 Å². The summed E-state index contributed by atoms with van der Waals surface area (Å²) in [4.78, 5) is 26.2. The third-order valence-corrected chi connectivity index (χ3v) is 11.5. The number of allylic oxidation sites excluding steroid dienone is 1. The molecule has 2 heterocycles. The molecule has 11 nitrogen and oxygen atoms in total. The van der Waals surface area contributed by atoms with E-state index in [4.69, 9.17) is 28.9 Å². The minimum Gasteiger partial charge on any atom is -0.487 e. The number of unbranched alkanes of at least 4 members (excludes halogenated alkanes) is 2. The smallest absolute Gasteiger partial charge is 0.409 e. The van der Waals surface area contributed by atoms with E-state index >= 15 is 0 Å². The molecule has 58 heavy (non-hydrogen) atoms. The second-order valence-corrected chi connectivity index (χ2v) is 15.4. The molecule has 2 aliphatic carbocycles. The zero-order chi connectivity index (χ0) is 40.9. The largest absolute Gasteiger partial charge is 0.487 e. The Kier molecular flexibility index (Phi) is 15.2. The van der Waals surface area contributed by atoms with Gasteiger partial charge in [0.25, 0.3) is 0 Å². The molecule has 6 atom stereocenters. The first-order valence-corrected chi connectivity index (χ1v) is 20.6. The number of carbonyl (C=O) groups is 1. The number of likely N-dealkylation sites (N-methyl/N-ethyl adjacent to an activating group) is 1. The predicted octanol–water partition coefficient (Wildman–Crippen LogP) is 8.45. The van der Waals surface area contributed by atoms with Gasteiger partial charge in [0.2, 0.25) is 5.79 Å². The van der Waals surface area contributed by atoms with Crippen molar-refractivity contribution >= 4 is 11.8 Å². The normalized spacial score (nSPS) is 23.8. The van der Waals surface area contributed by atoms with Crippen LogP contribution in [0.4, 0.5) is 4.79 Å². The Balaban J connectivity index is 1.52. The lowest BCUT2D eigenvalue weighted by molar-refractivity contribution is -0.253. The lowest BCUT2D eigenvalue weighted by Crippen LogP contribution is -2.69. The lowest BCUT2D eigenvalue weighted by Gasteiger charge is -2.59. The first-order chi connectivity index (χ1) is 28.3. The number of aryl methyl sites for hydroxylation is 1. The molecule has 1 amide bonds. The van der Waals surface area contributed by atoms with Gasteiger partial charge in [-0.3, -0.25) is 4.98 Å². The summed E-state index contributed by atoms with van der Waals surface area (Å²) in [6.07, 6.45) is 10.7. The fraction of sp³-hybridized carbons (Fsp3) is 0.468. The van der Waals surface area contributed by atoms with Crippen LogP contribution in [0.15, 0.2) is 109 Å². The van der Waals surface area contributed by atoms with E-state index in [1.54, 1.807) is 24.1 Å². The molecule has 0 bridgehead atoms. The van der Waals surface area contributed by atoms with Crippen LogP contribution in [-0.4, -0.2) is 77.2 Å². The van der Waals surface area contributed by atoms with Crippen LogP contribution in [0.25, 0.3) is 0 Å². The maximum absolute atomic E-state index is 13.9. The van der Waals surface area contributed by atoms with Crippen molar-refractivity contribution in [1.29, 1.82) is 0 Å². The van der Waals surface area contributed by atoms with E-state index in [-0.39, 0.29) is 57.2 Å². The van der Waals surface area contributed by atoms with E-state index in [2.05, 4.69) is 30.3 Å². The van der Waals surface area contributed by atoms with Crippen molar-refractivity contribution in [2.75, 3.05) is 33.5 Å². The number of hydrogen-bond donors (Lipinski definition) is 2. The van der Waals surface area contributed by atoms with E-state index in [0.29, 0.717) is 43.1 Å². The number of carbonyl (C=O) groups excluding carboxylic acids is 1. The standard InChI is InChI=1S/C47H59N3O8/c1-5-7-27-54-46(53)50(4)43-30-41(49-57-31-34-17-9-8-10-18-34)39-28-35(19-11-13-24-51)38(21-12-14-25-52)44-40-29-37(55-32-36-20-15-16-33(3)48-36)22-23-42(40)58-47(43,45(39)44)56-26-6-2/h5-6,8-10,15-18,20,22-23,28-29,35,38,43-45,51-52H,1-2,7,11-14,19,21,24-27,30-32H2,3-4H3. The molecule has 1 aliphatic heterocycles. The van der Waals surface area contributed by atoms with Gasteiger partial charge in [0.1, 0.15) is 30.8 Å². The Bertz CT molecular complexity index is 1900. The molecular weight excluding hydrogens is 735 g/mol. The fourth-order valence-electron chi connectivity index (χ4n) is 8.87. The molecule has 0 spiro atoms. The second-order valence-electron chi connectivity index (χ2n) is 15.4. The zero-order valence-corrected chi connectivity index (χ0v) is 34.0. The highest BCUT2D eigenvalue weighted by atomic mass is 16.7. The maximum atomic E-state index is 13.9. The number of fused-ring (bicyclic) bond motifs is 2. The van der Waals surface area contributed by atoms with Crippen LogP contribution in [-0.2, 0) is 27.5 Å². The first-order valence-electron chi connectivity index (χ1n) is 20.6. The predicted molar refractivity (Wildman–Crippen MR) is 223 cm³/mol. The van der Waals surface area contributed by atoms with Crippen molar-refractivity contribution in [2.24, 2.45) is 22.9 Å². The molecule has 0 radical (unpaired) electrons. The summed E-state index contributed by atoms with van der Waals surface area (Å²) >= 11 is 0. The maximum Gasteiger partial charge on any atom is 0.409 e. The SMILES string of the molecule is C=CCCOC(=O)N(C)C1CC(=NOCc2ccccc2)C2=CC(CCCCO)C(CCCCO)C3c4cc(OCc5cccc(C)n5)ccc4OC1(OCC=C)C23. The van der Waals surface area contributed by atoms with Crippen molar-refractivity contribution in [1.82, 2.24) is 9.88 Å². The minimum atomic E-state index is -1.37. The number of pyridine rings is 1. The summed E-state index contributed by atoms with van der Waals surface area (Å²) in [6, 6.07) is 21.0. The third kappa shape index (κ3) is 9.82. The van der Waals surface area contributed by atoms with Gasteiger partial charge in [-0.15, -0.1) is 13.2 Å². The zero-order valence-electron chi connectivity index (χ0n) is 34.0. The van der Waals surface area contributed by atoms with E-state index in [1.807, 2.05) is 67.6 Å². The molecule has 1 saturated carbocycles. The van der Waals surface area contributed by atoms with E-state index in [0.717, 1.165) is 53.8 Å². The lowest BCUT2D eigenvalue weighted by atomic mass is 9.55. The number of benzene rings is 2. The minimum absolute atomic E-state index is 0.0807. The number of oxime groups is 1. The van der Waals surface area contributed by atoms with E-state index in [1.165, 1.54) is 0 Å². The fourth-order valence-corrected chi connectivity index (χ4v) is 8.87. The summed E-state index contributed by atoms with van der Waals surface area (Å²) in [5, 5.41) is 24.6. The highest BCUT2D eigenvalue weighted by molar-refractivity contribution is 6.02. The Morgan fingerprint density at radius 3 is 2.53 bits per heavy atom. The summed E-state index contributed by atoms with van der Waals surface area (Å²) in [5.41, 5.74) is 5.38. The van der Waals surface area contributed by atoms with Crippen molar-refractivity contribution in [3.63, 3.8) is 0 Å². The van der Waals surface area contributed by atoms with Gasteiger partial charge in [0.05, 0.1) is 30.5 Å². The van der Waals surface area contributed by atoms with Crippen LogP contribution < -0.4 is 9.47 Å². The van der Waals surface area contributed by atoms with Gasteiger partial charge in [-0.25, -0.2) is 4.79 Å². The van der Waals surface area contributed by atoms with Gasteiger partial charge in [-0.2, -0.15) is 0 Å². The Morgan fingerprint density at radius 1 is 1.00 bits per heavy atom. The Labute approximate surface area is 343 Å². The monoisotopic (exact) mass is 793 g/mol. The number of nitrogens with zero attached hydrogens (tertiary/aromatic N) is 3. The summed E-state index contributed by atoms with van der Waals surface area (Å²) < 4.78 is 26.3. The van der Waals surface area contributed by atoms with E-state index < -0.39 is 23.8 Å². The average Bonchev–Trinajstić information content (AvgIpc) is 3.23. The molecule has 11 heteroatoms. The Morgan fingerprint density at radius 2 is 1.79 bits per heavy atom. The highest BCUT2D eigenvalue weighted by Crippen LogP contribution is 2.61. The van der Waals surface area contributed by atoms with Gasteiger partial charge in [-0.05, 0) is 92.3 Å². The molecule has 6 unspecified atom stereocenters. The van der Waals surface area contributed by atoms with Crippen LogP contribution in [0.3, 0.4) is 0 Å². The van der Waals surface area contributed by atoms with Gasteiger partial charge in [0.15, 0.2) is 0 Å². The number of hydrogen-bond acceptors (Lipinski definition) is 10. The number of aromatic nitrogens is 1. The first kappa shape index (κ1) is 42.6. The summed E-state index contributed by atoms with van der Waals surface area (Å²) in [7, 11) is 1.72. The van der Waals surface area contributed by atoms with Crippen LogP contribution in [0.5, 0.6) is 11.5 Å². The van der Waals surface area contributed by atoms with Gasteiger partial charge in [-0.1, -0.05) is 72.6 Å². The van der Waals surface area contributed by atoms with Crippen molar-refractivity contribution in [3.8, 4) is 11.5 Å². The topological polar surface area (TPSA) is 132 Å². The molecule has 310 valence electrons. The van der Waals surface area contributed by atoms with Crippen LogP contribution >= 0.6 is 0 Å². The number of rotatable bonds is 21. The number of ether oxygens (including phenoxy) is 4. The molecule has 3 aromatic rings. The van der Waals surface area contributed by atoms with Crippen molar-refractivity contribution in [2.45, 2.75) is 89.3 Å². The molecule has 1 fully saturated rings. The van der Waals surface area contributed by atoms with Gasteiger partial charge in [0, 0.05) is 43.9 Å². The van der Waals surface area contributed by atoms with Crippen LogP contribution in [0.2, 0.25) is 0 Å². The number of amides is 1.